The highest BCUT2D eigenvalue weighted by molar-refractivity contribution is 7.80. The fourth-order valence-electron chi connectivity index (χ4n) is 4.45. The number of ether oxygens (including phenoxy) is 3. The average molecular weight is 492 g/mol. The Morgan fingerprint density at radius 3 is 2.57 bits per heavy atom. The molecule has 8 nitrogen and oxygen atoms in total. The first-order chi connectivity index (χ1) is 17.0. The third-order valence-electron chi connectivity index (χ3n) is 6.14. The van der Waals surface area contributed by atoms with E-state index in [4.69, 9.17) is 26.4 Å². The van der Waals surface area contributed by atoms with Gasteiger partial charge in [-0.1, -0.05) is 48.5 Å². The van der Waals surface area contributed by atoms with E-state index < -0.39 is 18.3 Å². The quantitative estimate of drug-likeness (QED) is 0.362. The monoisotopic (exact) mass is 491 g/mol. The lowest BCUT2D eigenvalue weighted by atomic mass is 10.1. The van der Waals surface area contributed by atoms with Crippen LogP contribution in [0.2, 0.25) is 0 Å². The van der Waals surface area contributed by atoms with Crippen molar-refractivity contribution in [1.82, 2.24) is 5.32 Å². The molecule has 2 heterocycles. The lowest BCUT2D eigenvalue weighted by Crippen LogP contribution is -2.46. The van der Waals surface area contributed by atoms with Crippen molar-refractivity contribution >= 4 is 51.4 Å². The molecule has 3 aromatic carbocycles. The first kappa shape index (κ1) is 23.2. The van der Waals surface area contributed by atoms with Crippen molar-refractivity contribution < 1.29 is 23.8 Å². The summed E-state index contributed by atoms with van der Waals surface area (Å²) < 4.78 is 17.4. The minimum Gasteiger partial charge on any atom is -0.441 e. The van der Waals surface area contributed by atoms with Crippen molar-refractivity contribution in [1.29, 1.82) is 0 Å². The Labute approximate surface area is 207 Å². The number of nitrogens with one attached hydrogen (secondary N) is 3. The highest BCUT2D eigenvalue weighted by atomic mass is 32.1. The van der Waals surface area contributed by atoms with Gasteiger partial charge in [0.1, 0.15) is 12.2 Å². The fraction of sp³-hybridized carbons (Fsp3) is 0.269. The second-order valence-electron chi connectivity index (χ2n) is 8.53. The van der Waals surface area contributed by atoms with Crippen molar-refractivity contribution in [2.45, 2.75) is 31.3 Å². The van der Waals surface area contributed by atoms with Crippen molar-refractivity contribution in [3.05, 3.63) is 72.3 Å². The van der Waals surface area contributed by atoms with Gasteiger partial charge in [-0.15, -0.1) is 0 Å². The molecule has 5 rings (SSSR count). The number of rotatable bonds is 5. The molecule has 0 aromatic heterocycles. The number of carbonyl (C=O) groups excluding carboxylic acids is 2. The standard InChI is InChI=1S/C26H25N3O5S/c1-15(30)17-8-4-9-18(12-17)27-26(31)34-22-14-33-23-21(13-32-24(22)23)29-25(35)28-20-11-5-7-16-6-2-3-10-19(16)20/h2-12,21-24H,13-14H2,1H3,(H,27,31)(H2,28,29,35)/t21-,22-,23-,24+/m0/s1. The maximum Gasteiger partial charge on any atom is 0.412 e. The molecule has 180 valence electrons. The van der Waals surface area contributed by atoms with Gasteiger partial charge in [0.2, 0.25) is 0 Å². The molecule has 2 fully saturated rings. The smallest absolute Gasteiger partial charge is 0.412 e. The summed E-state index contributed by atoms with van der Waals surface area (Å²) in [6, 6.07) is 20.6. The Balaban J connectivity index is 1.16. The van der Waals surface area contributed by atoms with Crippen LogP contribution in [0.1, 0.15) is 17.3 Å². The third-order valence-corrected chi connectivity index (χ3v) is 6.36. The van der Waals surface area contributed by atoms with Gasteiger partial charge >= 0.3 is 6.09 Å². The van der Waals surface area contributed by atoms with Gasteiger partial charge in [-0.3, -0.25) is 10.1 Å². The Morgan fingerprint density at radius 1 is 0.943 bits per heavy atom. The van der Waals surface area contributed by atoms with Crippen molar-refractivity contribution in [3.8, 4) is 0 Å². The van der Waals surface area contributed by atoms with Crippen LogP contribution in [0.25, 0.3) is 10.8 Å². The normalized spacial score (nSPS) is 22.9. The summed E-state index contributed by atoms with van der Waals surface area (Å²) >= 11 is 5.54. The molecule has 0 saturated carbocycles. The van der Waals surface area contributed by atoms with E-state index in [2.05, 4.69) is 28.1 Å². The molecule has 2 saturated heterocycles. The molecule has 2 aliphatic rings. The number of hydrogen-bond acceptors (Lipinski definition) is 6. The van der Waals surface area contributed by atoms with Crippen LogP contribution < -0.4 is 16.0 Å². The molecule has 0 bridgehead atoms. The number of benzene rings is 3. The first-order valence-corrected chi connectivity index (χ1v) is 11.8. The molecule has 4 atom stereocenters. The summed E-state index contributed by atoms with van der Waals surface area (Å²) in [4.78, 5) is 24.0. The molecule has 0 unspecified atom stereocenters. The molecule has 2 aliphatic heterocycles. The van der Waals surface area contributed by atoms with Gasteiger partial charge in [0, 0.05) is 22.3 Å². The van der Waals surface area contributed by atoms with Gasteiger partial charge in [-0.05, 0) is 42.7 Å². The maximum atomic E-state index is 12.4. The number of fused-ring (bicyclic) bond motifs is 2. The molecule has 0 radical (unpaired) electrons. The molecular formula is C26H25N3O5S. The predicted octanol–water partition coefficient (Wildman–Crippen LogP) is 4.11. The second-order valence-corrected chi connectivity index (χ2v) is 8.94. The maximum absolute atomic E-state index is 12.4. The van der Waals surface area contributed by atoms with Gasteiger partial charge in [0.25, 0.3) is 0 Å². The number of amides is 1. The van der Waals surface area contributed by atoms with Crippen molar-refractivity contribution in [2.75, 3.05) is 23.8 Å². The van der Waals surface area contributed by atoms with Gasteiger partial charge in [-0.25, -0.2) is 4.79 Å². The Morgan fingerprint density at radius 2 is 1.71 bits per heavy atom. The van der Waals surface area contributed by atoms with Gasteiger partial charge in [-0.2, -0.15) is 0 Å². The van der Waals surface area contributed by atoms with E-state index in [1.165, 1.54) is 6.92 Å². The zero-order chi connectivity index (χ0) is 24.4. The Bertz CT molecular complexity index is 1280. The van der Waals surface area contributed by atoms with Gasteiger partial charge in [0.15, 0.2) is 17.0 Å². The highest BCUT2D eigenvalue weighted by Gasteiger charge is 2.49. The molecular weight excluding hydrogens is 466 g/mol. The first-order valence-electron chi connectivity index (χ1n) is 11.3. The van der Waals surface area contributed by atoms with Crippen LogP contribution in [0.5, 0.6) is 0 Å². The third kappa shape index (κ3) is 5.12. The van der Waals surface area contributed by atoms with Crippen LogP contribution >= 0.6 is 12.2 Å². The topological polar surface area (TPSA) is 97.9 Å². The summed E-state index contributed by atoms with van der Waals surface area (Å²) in [5, 5.41) is 11.9. The number of anilines is 2. The van der Waals surface area contributed by atoms with Gasteiger partial charge < -0.3 is 24.8 Å². The summed E-state index contributed by atoms with van der Waals surface area (Å²) in [5.74, 6) is -0.0835. The van der Waals surface area contributed by atoms with E-state index in [-0.39, 0.29) is 24.5 Å². The van der Waals surface area contributed by atoms with Gasteiger partial charge in [0.05, 0.1) is 19.3 Å². The Kier molecular flexibility index (Phi) is 6.63. The number of ketones is 1. The fourth-order valence-corrected chi connectivity index (χ4v) is 4.71. The SMILES string of the molecule is CC(=O)c1cccc(NC(=O)O[C@H]2CO[C@@H]3[C@@H]2OC[C@@H]3NC(=S)Nc2cccc3ccccc23)c1. The summed E-state index contributed by atoms with van der Waals surface area (Å²) in [5.41, 5.74) is 1.90. The Hall–Kier alpha value is -3.53. The minimum atomic E-state index is -0.631. The summed E-state index contributed by atoms with van der Waals surface area (Å²) in [6.45, 7) is 2.06. The van der Waals surface area contributed by atoms with E-state index in [0.29, 0.717) is 23.0 Å². The lowest BCUT2D eigenvalue weighted by Gasteiger charge is -2.20. The lowest BCUT2D eigenvalue weighted by molar-refractivity contribution is 0.00880. The number of Topliss-reactive ketones (excluding diaryl/α,β-unsaturated/α-hetero) is 1. The number of carbonyl (C=O) groups is 2. The van der Waals surface area contributed by atoms with Crippen molar-refractivity contribution in [3.63, 3.8) is 0 Å². The number of hydrogen-bond donors (Lipinski definition) is 3. The highest BCUT2D eigenvalue weighted by Crippen LogP contribution is 2.30. The van der Waals surface area contributed by atoms with Crippen LogP contribution in [-0.4, -0.2) is 54.6 Å². The van der Waals surface area contributed by atoms with Crippen LogP contribution in [0, 0.1) is 0 Å². The van der Waals surface area contributed by atoms with E-state index in [9.17, 15) is 9.59 Å². The second kappa shape index (κ2) is 9.99. The minimum absolute atomic E-state index is 0.0835. The van der Waals surface area contributed by atoms with Crippen molar-refractivity contribution in [2.24, 2.45) is 0 Å². The molecule has 0 spiro atoms. The number of thiocarbonyl (C=S) groups is 1. The van der Waals surface area contributed by atoms with Crippen LogP contribution in [0.3, 0.4) is 0 Å². The zero-order valence-corrected chi connectivity index (χ0v) is 19.8. The average Bonchev–Trinajstić information content (AvgIpc) is 3.42. The molecule has 35 heavy (non-hydrogen) atoms. The summed E-state index contributed by atoms with van der Waals surface area (Å²) in [6.07, 6.45) is -1.89. The van der Waals surface area contributed by atoms with Crippen LogP contribution in [0.15, 0.2) is 66.7 Å². The molecule has 3 N–H and O–H groups in total. The van der Waals surface area contributed by atoms with Crippen LogP contribution in [0.4, 0.5) is 16.2 Å². The van der Waals surface area contributed by atoms with E-state index >= 15 is 0 Å². The molecule has 9 heteroatoms. The molecule has 0 aliphatic carbocycles. The zero-order valence-electron chi connectivity index (χ0n) is 19.0. The molecule has 3 aromatic rings. The largest absolute Gasteiger partial charge is 0.441 e. The predicted molar refractivity (Wildman–Crippen MR) is 137 cm³/mol. The molecule has 1 amide bonds. The summed E-state index contributed by atoms with van der Waals surface area (Å²) in [7, 11) is 0. The van der Waals surface area contributed by atoms with E-state index in [1.54, 1.807) is 24.3 Å². The van der Waals surface area contributed by atoms with E-state index in [0.717, 1.165) is 16.5 Å². The van der Waals surface area contributed by atoms with E-state index in [1.807, 2.05) is 30.3 Å². The van der Waals surface area contributed by atoms with Crippen LogP contribution in [-0.2, 0) is 14.2 Å².